The molecule has 4 rings (SSSR count). The Morgan fingerprint density at radius 1 is 1.17 bits per heavy atom. The maximum absolute atomic E-state index is 4.65. The van der Waals surface area contributed by atoms with Gasteiger partial charge in [-0.25, -0.2) is 15.0 Å². The van der Waals surface area contributed by atoms with Crippen LogP contribution in [0.1, 0.15) is 33.9 Å². The van der Waals surface area contributed by atoms with Crippen LogP contribution in [-0.2, 0) is 19.4 Å². The molecule has 0 saturated carbocycles. The SMILES string of the molecule is CCc1cc(N2CCc3sc(-c4csc(C)n4)cc3C2)nc(C)n1. The minimum Gasteiger partial charge on any atom is -0.352 e. The van der Waals surface area contributed by atoms with Crippen molar-refractivity contribution in [3.8, 4) is 10.6 Å². The van der Waals surface area contributed by atoms with Crippen LogP contribution in [-0.4, -0.2) is 21.5 Å². The highest BCUT2D eigenvalue weighted by Crippen LogP contribution is 2.36. The van der Waals surface area contributed by atoms with Crippen LogP contribution in [0.2, 0.25) is 0 Å². The van der Waals surface area contributed by atoms with Gasteiger partial charge in [-0.1, -0.05) is 6.92 Å². The molecule has 124 valence electrons. The third kappa shape index (κ3) is 2.96. The summed E-state index contributed by atoms with van der Waals surface area (Å²) in [6.07, 6.45) is 2.02. The number of fused-ring (bicyclic) bond motifs is 1. The first-order valence-corrected chi connectivity index (χ1v) is 9.95. The molecule has 24 heavy (non-hydrogen) atoms. The highest BCUT2D eigenvalue weighted by molar-refractivity contribution is 7.16. The molecule has 6 heteroatoms. The molecule has 1 aliphatic heterocycles. The van der Waals surface area contributed by atoms with E-state index in [0.29, 0.717) is 0 Å². The van der Waals surface area contributed by atoms with Gasteiger partial charge < -0.3 is 4.90 Å². The lowest BCUT2D eigenvalue weighted by molar-refractivity contribution is 0.725. The Morgan fingerprint density at radius 2 is 2.04 bits per heavy atom. The number of anilines is 1. The molecule has 1 aliphatic rings. The number of aryl methyl sites for hydroxylation is 3. The molecule has 0 aromatic carbocycles. The molecule has 0 amide bonds. The Kier molecular flexibility index (Phi) is 4.10. The lowest BCUT2D eigenvalue weighted by atomic mass is 10.1. The van der Waals surface area contributed by atoms with E-state index in [2.05, 4.69) is 51.2 Å². The first kappa shape index (κ1) is 15.7. The summed E-state index contributed by atoms with van der Waals surface area (Å²) in [5.41, 5.74) is 3.66. The molecule has 0 aliphatic carbocycles. The van der Waals surface area contributed by atoms with E-state index in [1.165, 1.54) is 15.3 Å². The van der Waals surface area contributed by atoms with Crippen LogP contribution in [0.15, 0.2) is 17.5 Å². The van der Waals surface area contributed by atoms with Crippen molar-refractivity contribution in [2.75, 3.05) is 11.4 Å². The maximum atomic E-state index is 4.65. The summed E-state index contributed by atoms with van der Waals surface area (Å²) in [5.74, 6) is 1.92. The number of thiazole rings is 1. The Hall–Kier alpha value is -1.79. The van der Waals surface area contributed by atoms with Gasteiger partial charge in [-0.3, -0.25) is 0 Å². The van der Waals surface area contributed by atoms with Crippen LogP contribution in [0.5, 0.6) is 0 Å². The summed E-state index contributed by atoms with van der Waals surface area (Å²) in [6.45, 7) is 8.12. The van der Waals surface area contributed by atoms with Crippen molar-refractivity contribution in [3.63, 3.8) is 0 Å². The molecule has 0 atom stereocenters. The standard InChI is InChI=1S/C18H20N4S2/c1-4-14-8-18(20-11(2)19-14)22-6-5-16-13(9-22)7-17(24-16)15-10-23-12(3)21-15/h7-8,10H,4-6,9H2,1-3H3. The molecule has 0 unspecified atom stereocenters. The van der Waals surface area contributed by atoms with E-state index in [9.17, 15) is 0 Å². The van der Waals surface area contributed by atoms with Crippen molar-refractivity contribution in [1.29, 1.82) is 0 Å². The van der Waals surface area contributed by atoms with Crippen LogP contribution >= 0.6 is 22.7 Å². The van der Waals surface area contributed by atoms with Gasteiger partial charge in [0.1, 0.15) is 11.6 Å². The lowest BCUT2D eigenvalue weighted by Gasteiger charge is -2.28. The van der Waals surface area contributed by atoms with Crippen LogP contribution in [0.25, 0.3) is 10.6 Å². The number of nitrogens with zero attached hydrogens (tertiary/aromatic N) is 4. The average Bonchev–Trinajstić information content (AvgIpc) is 3.19. The second kappa shape index (κ2) is 6.26. The van der Waals surface area contributed by atoms with Crippen molar-refractivity contribution in [2.45, 2.75) is 40.2 Å². The minimum absolute atomic E-state index is 0.860. The summed E-state index contributed by atoms with van der Waals surface area (Å²) < 4.78 is 0. The van der Waals surface area contributed by atoms with Gasteiger partial charge in [0.25, 0.3) is 0 Å². The van der Waals surface area contributed by atoms with Gasteiger partial charge in [0.2, 0.25) is 0 Å². The molecule has 0 radical (unpaired) electrons. The normalized spacial score (nSPS) is 14.0. The average molecular weight is 357 g/mol. The lowest BCUT2D eigenvalue weighted by Crippen LogP contribution is -2.30. The summed E-state index contributed by atoms with van der Waals surface area (Å²) >= 11 is 3.61. The summed E-state index contributed by atoms with van der Waals surface area (Å²) in [7, 11) is 0. The Labute approximate surface area is 150 Å². The van der Waals surface area contributed by atoms with E-state index in [0.717, 1.165) is 54.0 Å². The predicted molar refractivity (Wildman–Crippen MR) is 101 cm³/mol. The van der Waals surface area contributed by atoms with E-state index < -0.39 is 0 Å². The van der Waals surface area contributed by atoms with Crippen LogP contribution < -0.4 is 4.90 Å². The molecular formula is C18H20N4S2. The fraction of sp³-hybridized carbons (Fsp3) is 0.389. The van der Waals surface area contributed by atoms with Gasteiger partial charge in [0, 0.05) is 35.1 Å². The van der Waals surface area contributed by atoms with Crippen molar-refractivity contribution >= 4 is 28.5 Å². The van der Waals surface area contributed by atoms with Crippen LogP contribution in [0.4, 0.5) is 5.82 Å². The molecular weight excluding hydrogens is 336 g/mol. The maximum Gasteiger partial charge on any atom is 0.132 e. The number of aromatic nitrogens is 3. The third-order valence-corrected chi connectivity index (χ3v) is 6.33. The van der Waals surface area contributed by atoms with Crippen molar-refractivity contribution < 1.29 is 0 Å². The zero-order chi connectivity index (χ0) is 16.7. The zero-order valence-electron chi connectivity index (χ0n) is 14.2. The van der Waals surface area contributed by atoms with Gasteiger partial charge >= 0.3 is 0 Å². The van der Waals surface area contributed by atoms with Crippen LogP contribution in [0.3, 0.4) is 0 Å². The second-order valence-electron chi connectivity index (χ2n) is 6.10. The second-order valence-corrected chi connectivity index (χ2v) is 8.30. The van der Waals surface area contributed by atoms with Crippen molar-refractivity contribution in [1.82, 2.24) is 15.0 Å². The number of hydrogen-bond acceptors (Lipinski definition) is 6. The highest BCUT2D eigenvalue weighted by Gasteiger charge is 2.22. The molecule has 0 bridgehead atoms. The highest BCUT2D eigenvalue weighted by atomic mass is 32.1. The topological polar surface area (TPSA) is 41.9 Å². The monoisotopic (exact) mass is 356 g/mol. The summed E-state index contributed by atoms with van der Waals surface area (Å²) in [4.78, 5) is 18.9. The van der Waals surface area contributed by atoms with Gasteiger partial charge in [-0.15, -0.1) is 22.7 Å². The smallest absolute Gasteiger partial charge is 0.132 e. The number of rotatable bonds is 3. The molecule has 0 spiro atoms. The molecule has 0 N–H and O–H groups in total. The van der Waals surface area contributed by atoms with E-state index in [4.69, 9.17) is 0 Å². The Bertz CT molecular complexity index is 881. The van der Waals surface area contributed by atoms with Gasteiger partial charge in [-0.2, -0.15) is 0 Å². The minimum atomic E-state index is 0.860. The first-order chi connectivity index (χ1) is 11.6. The first-order valence-electron chi connectivity index (χ1n) is 8.26. The van der Waals surface area contributed by atoms with Gasteiger partial charge in [0.05, 0.1) is 15.6 Å². The summed E-state index contributed by atoms with van der Waals surface area (Å²) in [5, 5.41) is 3.28. The van der Waals surface area contributed by atoms with E-state index in [1.807, 2.05) is 18.3 Å². The number of hydrogen-bond donors (Lipinski definition) is 0. The predicted octanol–water partition coefficient (Wildman–Crippen LogP) is 4.40. The number of thiophene rings is 1. The van der Waals surface area contributed by atoms with Gasteiger partial charge in [-0.05, 0) is 38.3 Å². The molecule has 3 aromatic rings. The van der Waals surface area contributed by atoms with Crippen molar-refractivity contribution in [2.24, 2.45) is 0 Å². The quantitative estimate of drug-likeness (QED) is 0.697. The van der Waals surface area contributed by atoms with Crippen molar-refractivity contribution in [3.05, 3.63) is 44.5 Å². The molecule has 3 aromatic heterocycles. The molecule has 4 heterocycles. The fourth-order valence-corrected chi connectivity index (χ4v) is 4.90. The van der Waals surface area contributed by atoms with Gasteiger partial charge in [0.15, 0.2) is 0 Å². The van der Waals surface area contributed by atoms with E-state index in [-0.39, 0.29) is 0 Å². The Morgan fingerprint density at radius 3 is 2.79 bits per heavy atom. The molecule has 4 nitrogen and oxygen atoms in total. The largest absolute Gasteiger partial charge is 0.352 e. The van der Waals surface area contributed by atoms with E-state index >= 15 is 0 Å². The molecule has 0 fully saturated rings. The fourth-order valence-electron chi connectivity index (χ4n) is 3.09. The van der Waals surface area contributed by atoms with E-state index in [1.54, 1.807) is 11.3 Å². The zero-order valence-corrected chi connectivity index (χ0v) is 15.8. The third-order valence-electron chi connectivity index (χ3n) is 4.30. The summed E-state index contributed by atoms with van der Waals surface area (Å²) in [6, 6.07) is 4.45. The molecule has 0 saturated heterocycles. The Balaban J connectivity index is 1.62. The van der Waals surface area contributed by atoms with Crippen LogP contribution in [0, 0.1) is 13.8 Å².